The number of benzene rings is 2. The second kappa shape index (κ2) is 9.82. The molecular weight excluding hydrogens is 427 g/mol. The number of amides is 1. The molecule has 0 unspecified atom stereocenters. The Kier molecular flexibility index (Phi) is 7.18. The van der Waals surface area contributed by atoms with Crippen LogP contribution >= 0.6 is 23.2 Å². The molecule has 0 fully saturated rings. The molecule has 158 valence electrons. The maximum atomic E-state index is 12.7. The number of anilines is 1. The van der Waals surface area contributed by atoms with Crippen LogP contribution in [0.5, 0.6) is 11.5 Å². The van der Waals surface area contributed by atoms with Crippen LogP contribution in [-0.4, -0.2) is 33.9 Å². The van der Waals surface area contributed by atoms with Crippen molar-refractivity contribution in [1.82, 2.24) is 14.8 Å². The zero-order chi connectivity index (χ0) is 21.7. The van der Waals surface area contributed by atoms with E-state index in [1.54, 1.807) is 43.3 Å². The van der Waals surface area contributed by atoms with Crippen LogP contribution in [0.3, 0.4) is 0 Å². The second-order valence-electron chi connectivity index (χ2n) is 6.34. The van der Waals surface area contributed by atoms with E-state index in [9.17, 15) is 4.79 Å². The number of nitrogens with one attached hydrogen (secondary N) is 1. The fraction of sp³-hybridized carbons (Fsp3) is 0.286. The van der Waals surface area contributed by atoms with E-state index in [1.165, 1.54) is 4.68 Å². The smallest absolute Gasteiger partial charge is 0.246 e. The summed E-state index contributed by atoms with van der Waals surface area (Å²) >= 11 is 12.1. The number of carbonyl (C=O) groups is 1. The van der Waals surface area contributed by atoms with E-state index in [0.717, 1.165) is 5.56 Å². The molecule has 30 heavy (non-hydrogen) atoms. The van der Waals surface area contributed by atoms with Crippen molar-refractivity contribution in [3.63, 3.8) is 0 Å². The summed E-state index contributed by atoms with van der Waals surface area (Å²) in [6, 6.07) is 10.4. The van der Waals surface area contributed by atoms with E-state index in [2.05, 4.69) is 15.4 Å². The number of aromatic nitrogens is 3. The second-order valence-corrected chi connectivity index (χ2v) is 7.16. The summed E-state index contributed by atoms with van der Waals surface area (Å²) in [7, 11) is 0. The Labute approximate surface area is 184 Å². The summed E-state index contributed by atoms with van der Waals surface area (Å²) < 4.78 is 12.7. The molecule has 0 atom stereocenters. The predicted molar refractivity (Wildman–Crippen MR) is 118 cm³/mol. The Morgan fingerprint density at radius 2 is 1.77 bits per heavy atom. The first-order valence-corrected chi connectivity index (χ1v) is 10.2. The third-order valence-corrected chi connectivity index (χ3v) is 4.81. The summed E-state index contributed by atoms with van der Waals surface area (Å²) in [4.78, 5) is 17.1. The summed E-state index contributed by atoms with van der Waals surface area (Å²) in [5.41, 5.74) is 1.32. The van der Waals surface area contributed by atoms with Gasteiger partial charge in [-0.1, -0.05) is 23.2 Å². The van der Waals surface area contributed by atoms with Gasteiger partial charge in [0.1, 0.15) is 12.4 Å². The van der Waals surface area contributed by atoms with E-state index < -0.39 is 0 Å². The average molecular weight is 449 g/mol. The van der Waals surface area contributed by atoms with Crippen LogP contribution < -0.4 is 14.8 Å². The van der Waals surface area contributed by atoms with E-state index in [0.29, 0.717) is 52.1 Å². The first-order chi connectivity index (χ1) is 14.4. The largest absolute Gasteiger partial charge is 0.490 e. The van der Waals surface area contributed by atoms with Crippen LogP contribution in [0.15, 0.2) is 36.4 Å². The van der Waals surface area contributed by atoms with Gasteiger partial charge in [0, 0.05) is 17.3 Å². The molecule has 1 amide bonds. The fourth-order valence-corrected chi connectivity index (χ4v) is 3.18. The topological polar surface area (TPSA) is 78.3 Å². The molecule has 0 aliphatic rings. The van der Waals surface area contributed by atoms with Crippen LogP contribution in [0, 0.1) is 6.92 Å². The fourth-order valence-electron chi connectivity index (χ4n) is 2.88. The molecule has 0 saturated heterocycles. The van der Waals surface area contributed by atoms with Gasteiger partial charge in [-0.25, -0.2) is 9.67 Å². The molecule has 2 aromatic carbocycles. The van der Waals surface area contributed by atoms with Gasteiger partial charge in [0.2, 0.25) is 5.91 Å². The molecule has 0 spiro atoms. The van der Waals surface area contributed by atoms with Gasteiger partial charge in [-0.3, -0.25) is 4.79 Å². The number of aryl methyl sites for hydroxylation is 1. The Morgan fingerprint density at radius 3 is 2.47 bits per heavy atom. The molecule has 0 saturated carbocycles. The van der Waals surface area contributed by atoms with Crippen molar-refractivity contribution < 1.29 is 14.3 Å². The third kappa shape index (κ3) is 5.23. The van der Waals surface area contributed by atoms with Gasteiger partial charge in [-0.15, -0.1) is 0 Å². The normalized spacial score (nSPS) is 10.7. The van der Waals surface area contributed by atoms with Gasteiger partial charge in [-0.2, -0.15) is 5.10 Å². The number of halogens is 2. The van der Waals surface area contributed by atoms with Crippen molar-refractivity contribution >= 4 is 34.8 Å². The number of carbonyl (C=O) groups excluding carboxylic acids is 1. The van der Waals surface area contributed by atoms with Crippen LogP contribution in [0.25, 0.3) is 11.4 Å². The Bertz CT molecular complexity index is 1050. The minimum absolute atomic E-state index is 0.0202. The molecule has 0 aliphatic heterocycles. The monoisotopic (exact) mass is 448 g/mol. The molecular formula is C21H22Cl2N4O3. The number of rotatable bonds is 8. The Morgan fingerprint density at radius 1 is 1.03 bits per heavy atom. The van der Waals surface area contributed by atoms with Crippen molar-refractivity contribution in [3.05, 3.63) is 52.3 Å². The highest BCUT2D eigenvalue weighted by Crippen LogP contribution is 2.31. The quantitative estimate of drug-likeness (QED) is 0.524. The molecule has 0 aliphatic carbocycles. The first-order valence-electron chi connectivity index (χ1n) is 9.47. The minimum atomic E-state index is -0.257. The lowest BCUT2D eigenvalue weighted by atomic mass is 10.2. The Balaban J connectivity index is 1.78. The summed E-state index contributed by atoms with van der Waals surface area (Å²) in [5, 5.41) is 8.04. The molecule has 1 N–H and O–H groups in total. The summed E-state index contributed by atoms with van der Waals surface area (Å²) in [5.74, 6) is 2.02. The first kappa shape index (κ1) is 21.9. The average Bonchev–Trinajstić information content (AvgIpc) is 3.06. The van der Waals surface area contributed by atoms with Crippen molar-refractivity contribution in [2.45, 2.75) is 27.3 Å². The molecule has 0 radical (unpaired) electrons. The van der Waals surface area contributed by atoms with Gasteiger partial charge in [0.15, 0.2) is 17.3 Å². The molecule has 9 heteroatoms. The molecule has 7 nitrogen and oxygen atoms in total. The van der Waals surface area contributed by atoms with Crippen molar-refractivity contribution in [1.29, 1.82) is 0 Å². The highest BCUT2D eigenvalue weighted by Gasteiger charge is 2.15. The number of ether oxygens (including phenoxy) is 2. The van der Waals surface area contributed by atoms with Crippen LogP contribution in [0.1, 0.15) is 19.7 Å². The minimum Gasteiger partial charge on any atom is -0.490 e. The maximum Gasteiger partial charge on any atom is 0.246 e. The number of nitrogens with zero attached hydrogens (tertiary/aromatic N) is 3. The predicted octanol–water partition coefficient (Wildman–Crippen LogP) is 5.00. The lowest BCUT2D eigenvalue weighted by molar-refractivity contribution is -0.116. The van der Waals surface area contributed by atoms with Gasteiger partial charge in [0.05, 0.1) is 23.3 Å². The third-order valence-electron chi connectivity index (χ3n) is 4.08. The lowest BCUT2D eigenvalue weighted by Crippen LogP contribution is -2.20. The standard InChI is InChI=1S/C21H22Cl2N4O3/c1-4-29-18-9-7-15(11-19(18)30-5-2)25-20(28)12-27-21(24-13(3)26-27)14-6-8-16(22)17(23)10-14/h6-11H,4-5,12H2,1-3H3,(H,25,28). The van der Waals surface area contributed by atoms with Gasteiger partial charge in [0.25, 0.3) is 0 Å². The molecule has 1 aromatic heterocycles. The van der Waals surface area contributed by atoms with Gasteiger partial charge in [-0.05, 0) is 51.1 Å². The van der Waals surface area contributed by atoms with Crippen molar-refractivity contribution in [2.75, 3.05) is 18.5 Å². The van der Waals surface area contributed by atoms with Gasteiger partial charge < -0.3 is 14.8 Å². The lowest BCUT2D eigenvalue weighted by Gasteiger charge is -2.13. The maximum absolute atomic E-state index is 12.7. The molecule has 3 rings (SSSR count). The number of hydrogen-bond donors (Lipinski definition) is 1. The van der Waals surface area contributed by atoms with E-state index in [1.807, 2.05) is 13.8 Å². The summed E-state index contributed by atoms with van der Waals surface area (Å²) in [6.45, 7) is 6.54. The molecule has 0 bridgehead atoms. The van der Waals surface area contributed by atoms with E-state index in [-0.39, 0.29) is 12.5 Å². The summed E-state index contributed by atoms with van der Waals surface area (Å²) in [6.07, 6.45) is 0. The van der Waals surface area contributed by atoms with E-state index in [4.69, 9.17) is 32.7 Å². The van der Waals surface area contributed by atoms with Crippen molar-refractivity contribution in [3.8, 4) is 22.9 Å². The van der Waals surface area contributed by atoms with E-state index >= 15 is 0 Å². The Hall–Kier alpha value is -2.77. The zero-order valence-electron chi connectivity index (χ0n) is 16.9. The van der Waals surface area contributed by atoms with Crippen LogP contribution in [0.2, 0.25) is 10.0 Å². The van der Waals surface area contributed by atoms with Gasteiger partial charge >= 0.3 is 0 Å². The SMILES string of the molecule is CCOc1ccc(NC(=O)Cn2nc(C)nc2-c2ccc(Cl)c(Cl)c2)cc1OCC. The highest BCUT2D eigenvalue weighted by molar-refractivity contribution is 6.42. The molecule has 3 aromatic rings. The van der Waals surface area contributed by atoms with Crippen LogP contribution in [-0.2, 0) is 11.3 Å². The molecule has 1 heterocycles. The van der Waals surface area contributed by atoms with Crippen molar-refractivity contribution in [2.24, 2.45) is 0 Å². The zero-order valence-corrected chi connectivity index (χ0v) is 18.4. The highest BCUT2D eigenvalue weighted by atomic mass is 35.5. The number of hydrogen-bond acceptors (Lipinski definition) is 5. The van der Waals surface area contributed by atoms with Crippen LogP contribution in [0.4, 0.5) is 5.69 Å².